The third kappa shape index (κ3) is 1.67. The summed E-state index contributed by atoms with van der Waals surface area (Å²) in [5.74, 6) is 4.40. The van der Waals surface area contributed by atoms with Gasteiger partial charge in [-0.25, -0.2) is 10.9 Å². The van der Waals surface area contributed by atoms with Crippen molar-refractivity contribution in [3.05, 3.63) is 21.8 Å². The van der Waals surface area contributed by atoms with Crippen LogP contribution in [0.3, 0.4) is 0 Å². The number of nitrogens with zero attached hydrogens (tertiary/aromatic N) is 4. The quantitative estimate of drug-likeness (QED) is 0.229. The van der Waals surface area contributed by atoms with Crippen molar-refractivity contribution in [3.63, 3.8) is 0 Å². The minimum atomic E-state index is -0.753. The van der Waals surface area contributed by atoms with Gasteiger partial charge in [0.05, 0.1) is 4.92 Å². The summed E-state index contributed by atoms with van der Waals surface area (Å²) >= 11 is 0. The van der Waals surface area contributed by atoms with Crippen LogP contribution in [0.15, 0.2) is 5.82 Å². The number of H-pyrrole nitrogens is 1. The Balaban J connectivity index is 3.15. The first-order chi connectivity index (χ1) is 6.16. The summed E-state index contributed by atoms with van der Waals surface area (Å²) in [4.78, 5) is 9.70. The molecule has 1 rings (SSSR count). The minimum Gasteiger partial charge on any atom is -0.379 e. The predicted molar refractivity (Wildman–Crippen MR) is 39.6 cm³/mol. The standard InChI is InChI=1S/C3H6N8O2/c4-2(6-5)1(11(12)13)3-7-9-10-8-3/h6H,4-5H2,(H,7,8,9,10). The molecule has 1 aromatic heterocycles. The van der Waals surface area contributed by atoms with Crippen LogP contribution in [0.25, 0.3) is 5.70 Å². The topological polar surface area (TPSA) is 162 Å². The van der Waals surface area contributed by atoms with Gasteiger partial charge in [-0.2, -0.15) is 0 Å². The van der Waals surface area contributed by atoms with E-state index in [1.807, 2.05) is 5.43 Å². The van der Waals surface area contributed by atoms with Gasteiger partial charge in [-0.1, -0.05) is 0 Å². The van der Waals surface area contributed by atoms with Crippen LogP contribution in [-0.4, -0.2) is 25.5 Å². The molecule has 0 aliphatic rings. The second kappa shape index (κ2) is 3.44. The molecule has 10 heteroatoms. The monoisotopic (exact) mass is 186 g/mol. The third-order valence-corrected chi connectivity index (χ3v) is 1.16. The maximum Gasteiger partial charge on any atom is 0.355 e. The van der Waals surface area contributed by atoms with E-state index < -0.39 is 10.6 Å². The van der Waals surface area contributed by atoms with Crippen LogP contribution in [-0.2, 0) is 0 Å². The smallest absolute Gasteiger partial charge is 0.355 e. The number of nitrogens with one attached hydrogen (secondary N) is 2. The van der Waals surface area contributed by atoms with Crippen molar-refractivity contribution in [3.8, 4) is 0 Å². The lowest BCUT2D eigenvalue weighted by atomic mass is 10.4. The molecule has 0 unspecified atom stereocenters. The Kier molecular flexibility index (Phi) is 2.35. The molecule has 1 aromatic rings. The Morgan fingerprint density at radius 2 is 2.38 bits per heavy atom. The number of tetrazole rings is 1. The summed E-state index contributed by atoms with van der Waals surface area (Å²) < 4.78 is 0. The molecule has 10 nitrogen and oxygen atoms in total. The second-order valence-electron chi connectivity index (χ2n) is 1.91. The Labute approximate surface area is 71.1 Å². The minimum absolute atomic E-state index is 0.166. The van der Waals surface area contributed by atoms with Gasteiger partial charge in [0.15, 0.2) is 5.82 Å². The van der Waals surface area contributed by atoms with Crippen molar-refractivity contribution in [2.75, 3.05) is 0 Å². The van der Waals surface area contributed by atoms with Crippen molar-refractivity contribution < 1.29 is 4.92 Å². The number of aromatic amines is 1. The molecular weight excluding hydrogens is 180 g/mol. The summed E-state index contributed by atoms with van der Waals surface area (Å²) in [5, 5.41) is 22.3. The average Bonchev–Trinajstić information content (AvgIpc) is 2.56. The Morgan fingerprint density at radius 1 is 1.69 bits per heavy atom. The molecule has 0 fully saturated rings. The van der Waals surface area contributed by atoms with Crippen LogP contribution in [0.2, 0.25) is 0 Å². The summed E-state index contributed by atoms with van der Waals surface area (Å²) in [7, 11) is 0. The van der Waals surface area contributed by atoms with Crippen molar-refractivity contribution in [2.45, 2.75) is 0 Å². The summed E-state index contributed by atoms with van der Waals surface area (Å²) in [6.07, 6.45) is 0. The van der Waals surface area contributed by atoms with Crippen LogP contribution in [0.1, 0.15) is 5.82 Å². The lowest BCUT2D eigenvalue weighted by Crippen LogP contribution is -2.29. The van der Waals surface area contributed by atoms with Gasteiger partial charge in [-0.05, 0) is 10.4 Å². The number of nitrogens with two attached hydrogens (primary N) is 2. The first kappa shape index (κ1) is 8.86. The van der Waals surface area contributed by atoms with E-state index >= 15 is 0 Å². The Bertz CT molecular complexity index is 327. The summed E-state index contributed by atoms with van der Waals surface area (Å²) in [5.41, 5.74) is 6.62. The molecule has 1 heterocycles. The van der Waals surface area contributed by atoms with E-state index in [1.54, 1.807) is 0 Å². The van der Waals surface area contributed by atoms with E-state index in [-0.39, 0.29) is 11.6 Å². The fourth-order valence-corrected chi connectivity index (χ4v) is 0.640. The fraction of sp³-hybridized carbons (Fsp3) is 0. The average molecular weight is 186 g/mol. The van der Waals surface area contributed by atoms with Gasteiger partial charge in [0.2, 0.25) is 0 Å². The molecule has 0 aliphatic carbocycles. The molecular formula is C3H6N8O2. The van der Waals surface area contributed by atoms with Crippen LogP contribution < -0.4 is 17.0 Å². The number of hydrazine groups is 1. The molecule has 0 bridgehead atoms. The van der Waals surface area contributed by atoms with Crippen molar-refractivity contribution in [1.82, 2.24) is 26.0 Å². The molecule has 0 spiro atoms. The normalized spacial score (nSPS) is 12.1. The molecule has 0 radical (unpaired) electrons. The van der Waals surface area contributed by atoms with Crippen LogP contribution in [0.5, 0.6) is 0 Å². The number of aromatic nitrogens is 4. The zero-order valence-corrected chi connectivity index (χ0v) is 6.26. The number of hydrogen-bond donors (Lipinski definition) is 4. The maximum absolute atomic E-state index is 10.5. The zero-order chi connectivity index (χ0) is 9.84. The molecule has 0 saturated heterocycles. The lowest BCUT2D eigenvalue weighted by Gasteiger charge is -1.98. The zero-order valence-electron chi connectivity index (χ0n) is 6.26. The van der Waals surface area contributed by atoms with Crippen molar-refractivity contribution in [1.29, 1.82) is 0 Å². The van der Waals surface area contributed by atoms with E-state index in [0.717, 1.165) is 0 Å². The van der Waals surface area contributed by atoms with E-state index in [4.69, 9.17) is 11.6 Å². The molecule has 70 valence electrons. The van der Waals surface area contributed by atoms with E-state index in [0.29, 0.717) is 0 Å². The molecule has 6 N–H and O–H groups in total. The van der Waals surface area contributed by atoms with Gasteiger partial charge in [0.25, 0.3) is 5.82 Å². The van der Waals surface area contributed by atoms with Gasteiger partial charge in [-0.3, -0.25) is 10.1 Å². The predicted octanol–water partition coefficient (Wildman–Crippen LogP) is -2.48. The lowest BCUT2D eigenvalue weighted by molar-refractivity contribution is -0.377. The van der Waals surface area contributed by atoms with Crippen molar-refractivity contribution in [2.24, 2.45) is 11.6 Å². The summed E-state index contributed by atoms with van der Waals surface area (Å²) in [6.45, 7) is 0. The van der Waals surface area contributed by atoms with Crippen LogP contribution >= 0.6 is 0 Å². The fourth-order valence-electron chi connectivity index (χ4n) is 0.640. The van der Waals surface area contributed by atoms with Crippen LogP contribution in [0, 0.1) is 10.1 Å². The second-order valence-corrected chi connectivity index (χ2v) is 1.91. The van der Waals surface area contributed by atoms with Gasteiger partial charge in [0.1, 0.15) is 0 Å². The first-order valence-corrected chi connectivity index (χ1v) is 3.01. The molecule has 0 amide bonds. The highest BCUT2D eigenvalue weighted by Crippen LogP contribution is 2.08. The van der Waals surface area contributed by atoms with Gasteiger partial charge >= 0.3 is 5.70 Å². The number of hydrogen-bond acceptors (Lipinski definition) is 8. The first-order valence-electron chi connectivity index (χ1n) is 3.01. The SMILES string of the molecule is NNC(N)=C(c1nnn[nH]1)[N+](=O)[O-]. The van der Waals surface area contributed by atoms with E-state index in [2.05, 4.69) is 20.6 Å². The largest absolute Gasteiger partial charge is 0.379 e. The van der Waals surface area contributed by atoms with E-state index in [1.165, 1.54) is 0 Å². The molecule has 0 atom stereocenters. The number of nitro groups is 1. The van der Waals surface area contributed by atoms with Crippen molar-refractivity contribution >= 4 is 5.70 Å². The highest BCUT2D eigenvalue weighted by atomic mass is 16.6. The third-order valence-electron chi connectivity index (χ3n) is 1.16. The van der Waals surface area contributed by atoms with Gasteiger partial charge < -0.3 is 11.2 Å². The Morgan fingerprint density at radius 3 is 2.77 bits per heavy atom. The van der Waals surface area contributed by atoms with Gasteiger partial charge in [-0.15, -0.1) is 5.10 Å². The van der Waals surface area contributed by atoms with Gasteiger partial charge in [0, 0.05) is 0 Å². The molecule has 0 aliphatic heterocycles. The molecule has 13 heavy (non-hydrogen) atoms. The summed E-state index contributed by atoms with van der Waals surface area (Å²) in [6, 6.07) is 0. The van der Waals surface area contributed by atoms with E-state index in [9.17, 15) is 10.1 Å². The van der Waals surface area contributed by atoms with Crippen LogP contribution in [0.4, 0.5) is 0 Å². The maximum atomic E-state index is 10.5. The molecule has 0 saturated carbocycles. The highest BCUT2D eigenvalue weighted by molar-refractivity contribution is 5.53. The number of rotatable bonds is 3. The molecule has 0 aromatic carbocycles. The Hall–Kier alpha value is -2.23. The highest BCUT2D eigenvalue weighted by Gasteiger charge is 2.22.